The molecule has 0 bridgehead atoms. The average Bonchev–Trinajstić information content (AvgIpc) is 2.10. The van der Waals surface area contributed by atoms with Gasteiger partial charge in [-0.15, -0.1) is 0 Å². The lowest BCUT2D eigenvalue weighted by Gasteiger charge is -2.09. The van der Waals surface area contributed by atoms with Crippen LogP contribution in [-0.4, -0.2) is 19.6 Å². The van der Waals surface area contributed by atoms with Crippen LogP contribution in [0.25, 0.3) is 0 Å². The van der Waals surface area contributed by atoms with Gasteiger partial charge in [0.2, 0.25) is 0 Å². The Hall–Kier alpha value is -0.0800. The summed E-state index contributed by atoms with van der Waals surface area (Å²) in [6, 6.07) is 0. The standard InChI is InChI=1S/C10H24N2/c1-3-10(2)9-12-8-6-4-5-7-11/h10,12H,3-9,11H2,1-2H3. The van der Waals surface area contributed by atoms with Gasteiger partial charge >= 0.3 is 0 Å². The minimum atomic E-state index is 0.819. The highest BCUT2D eigenvalue weighted by Crippen LogP contribution is 1.97. The van der Waals surface area contributed by atoms with E-state index in [-0.39, 0.29) is 0 Å². The molecule has 2 nitrogen and oxygen atoms in total. The van der Waals surface area contributed by atoms with Crippen molar-refractivity contribution in [1.82, 2.24) is 5.32 Å². The van der Waals surface area contributed by atoms with Crippen LogP contribution in [-0.2, 0) is 0 Å². The molecular weight excluding hydrogens is 148 g/mol. The van der Waals surface area contributed by atoms with E-state index in [1.807, 2.05) is 0 Å². The molecule has 0 saturated carbocycles. The van der Waals surface area contributed by atoms with Crippen molar-refractivity contribution in [2.24, 2.45) is 11.7 Å². The van der Waals surface area contributed by atoms with Gasteiger partial charge in [-0.2, -0.15) is 0 Å². The fourth-order valence-electron chi connectivity index (χ4n) is 1.06. The number of nitrogens with one attached hydrogen (secondary N) is 1. The predicted molar refractivity (Wildman–Crippen MR) is 55.2 cm³/mol. The predicted octanol–water partition coefficient (Wildman–Crippen LogP) is 1.75. The molecule has 1 atom stereocenters. The first-order valence-electron chi connectivity index (χ1n) is 5.22. The molecule has 0 amide bonds. The lowest BCUT2D eigenvalue weighted by molar-refractivity contribution is 0.490. The molecule has 0 saturated heterocycles. The molecule has 0 aromatic heterocycles. The van der Waals surface area contributed by atoms with E-state index in [1.54, 1.807) is 0 Å². The summed E-state index contributed by atoms with van der Waals surface area (Å²) in [5, 5.41) is 3.45. The van der Waals surface area contributed by atoms with Crippen LogP contribution in [0.1, 0.15) is 39.5 Å². The first kappa shape index (κ1) is 11.9. The molecule has 0 aliphatic carbocycles. The molecule has 3 N–H and O–H groups in total. The second-order valence-electron chi connectivity index (χ2n) is 3.57. The van der Waals surface area contributed by atoms with Crippen LogP contribution in [0, 0.1) is 5.92 Å². The van der Waals surface area contributed by atoms with E-state index in [1.165, 1.54) is 32.2 Å². The Labute approximate surface area is 76.9 Å². The monoisotopic (exact) mass is 172 g/mol. The van der Waals surface area contributed by atoms with E-state index >= 15 is 0 Å². The van der Waals surface area contributed by atoms with Crippen LogP contribution in [0.15, 0.2) is 0 Å². The van der Waals surface area contributed by atoms with Gasteiger partial charge in [0.1, 0.15) is 0 Å². The number of hydrogen-bond acceptors (Lipinski definition) is 2. The van der Waals surface area contributed by atoms with Gasteiger partial charge in [0.25, 0.3) is 0 Å². The summed E-state index contributed by atoms with van der Waals surface area (Å²) in [6.45, 7) is 7.68. The van der Waals surface area contributed by atoms with Crippen molar-refractivity contribution in [3.8, 4) is 0 Å². The first-order valence-corrected chi connectivity index (χ1v) is 5.22. The first-order chi connectivity index (χ1) is 5.81. The Morgan fingerprint density at radius 3 is 2.58 bits per heavy atom. The summed E-state index contributed by atoms with van der Waals surface area (Å²) in [5.41, 5.74) is 5.39. The summed E-state index contributed by atoms with van der Waals surface area (Å²) < 4.78 is 0. The fraction of sp³-hybridized carbons (Fsp3) is 1.00. The number of rotatable bonds is 8. The van der Waals surface area contributed by atoms with Gasteiger partial charge in [-0.3, -0.25) is 0 Å². The van der Waals surface area contributed by atoms with Gasteiger partial charge in [0.05, 0.1) is 0 Å². The van der Waals surface area contributed by atoms with Gasteiger partial charge in [-0.25, -0.2) is 0 Å². The largest absolute Gasteiger partial charge is 0.330 e. The summed E-state index contributed by atoms with van der Waals surface area (Å²) >= 11 is 0. The molecule has 0 aromatic carbocycles. The highest BCUT2D eigenvalue weighted by molar-refractivity contribution is 4.54. The average molecular weight is 172 g/mol. The fourth-order valence-corrected chi connectivity index (χ4v) is 1.06. The third kappa shape index (κ3) is 8.02. The van der Waals surface area contributed by atoms with Crippen molar-refractivity contribution in [2.75, 3.05) is 19.6 Å². The Morgan fingerprint density at radius 2 is 2.00 bits per heavy atom. The Balaban J connectivity index is 2.90. The Bertz CT molecular complexity index is 83.9. The van der Waals surface area contributed by atoms with Crippen LogP contribution in [0.2, 0.25) is 0 Å². The van der Waals surface area contributed by atoms with Crippen molar-refractivity contribution in [3.05, 3.63) is 0 Å². The van der Waals surface area contributed by atoms with Crippen LogP contribution in [0.4, 0.5) is 0 Å². The van der Waals surface area contributed by atoms with Gasteiger partial charge in [0, 0.05) is 0 Å². The third-order valence-electron chi connectivity index (χ3n) is 2.25. The molecule has 0 rings (SSSR count). The zero-order valence-electron chi connectivity index (χ0n) is 8.60. The number of nitrogens with two attached hydrogens (primary N) is 1. The molecule has 12 heavy (non-hydrogen) atoms. The molecule has 0 fully saturated rings. The SMILES string of the molecule is CCC(C)CNCCCCCN. The lowest BCUT2D eigenvalue weighted by atomic mass is 10.1. The zero-order chi connectivity index (χ0) is 9.23. The van der Waals surface area contributed by atoms with E-state index < -0.39 is 0 Å². The summed E-state index contributed by atoms with van der Waals surface area (Å²) in [7, 11) is 0. The van der Waals surface area contributed by atoms with E-state index in [2.05, 4.69) is 19.2 Å². The minimum absolute atomic E-state index is 0.819. The maximum absolute atomic E-state index is 5.39. The molecule has 1 unspecified atom stereocenters. The zero-order valence-corrected chi connectivity index (χ0v) is 8.60. The summed E-state index contributed by atoms with van der Waals surface area (Å²) in [6.07, 6.45) is 4.98. The summed E-state index contributed by atoms with van der Waals surface area (Å²) in [4.78, 5) is 0. The molecule has 0 spiro atoms. The van der Waals surface area contributed by atoms with Crippen molar-refractivity contribution in [1.29, 1.82) is 0 Å². The Kier molecular flexibility index (Phi) is 8.95. The maximum atomic E-state index is 5.39. The molecule has 0 aliphatic heterocycles. The van der Waals surface area contributed by atoms with Crippen LogP contribution >= 0.6 is 0 Å². The highest BCUT2D eigenvalue weighted by Gasteiger charge is 1.96. The van der Waals surface area contributed by atoms with E-state index in [0.717, 1.165) is 19.0 Å². The Morgan fingerprint density at radius 1 is 1.25 bits per heavy atom. The molecule has 2 heteroatoms. The molecule has 0 heterocycles. The van der Waals surface area contributed by atoms with E-state index in [0.29, 0.717) is 0 Å². The van der Waals surface area contributed by atoms with E-state index in [9.17, 15) is 0 Å². The topological polar surface area (TPSA) is 38.0 Å². The van der Waals surface area contributed by atoms with Crippen molar-refractivity contribution >= 4 is 0 Å². The second-order valence-corrected chi connectivity index (χ2v) is 3.57. The lowest BCUT2D eigenvalue weighted by Crippen LogP contribution is -2.21. The number of unbranched alkanes of at least 4 members (excludes halogenated alkanes) is 2. The third-order valence-corrected chi connectivity index (χ3v) is 2.25. The van der Waals surface area contributed by atoms with Gasteiger partial charge in [-0.05, 0) is 38.4 Å². The van der Waals surface area contributed by atoms with Crippen LogP contribution < -0.4 is 11.1 Å². The smallest absolute Gasteiger partial charge is 0.00233 e. The molecule has 74 valence electrons. The summed E-state index contributed by atoms with van der Waals surface area (Å²) in [5.74, 6) is 0.819. The second kappa shape index (κ2) is 9.01. The van der Waals surface area contributed by atoms with Crippen molar-refractivity contribution in [3.63, 3.8) is 0 Å². The van der Waals surface area contributed by atoms with Gasteiger partial charge in [0.15, 0.2) is 0 Å². The van der Waals surface area contributed by atoms with E-state index in [4.69, 9.17) is 5.73 Å². The van der Waals surface area contributed by atoms with Crippen molar-refractivity contribution in [2.45, 2.75) is 39.5 Å². The number of hydrogen-bond donors (Lipinski definition) is 2. The molecule has 0 aliphatic rings. The van der Waals surface area contributed by atoms with Crippen LogP contribution in [0.3, 0.4) is 0 Å². The molecule has 0 aromatic rings. The normalized spacial score (nSPS) is 13.2. The van der Waals surface area contributed by atoms with Crippen molar-refractivity contribution < 1.29 is 0 Å². The molecular formula is C10H24N2. The van der Waals surface area contributed by atoms with Gasteiger partial charge < -0.3 is 11.1 Å². The van der Waals surface area contributed by atoms with Crippen LogP contribution in [0.5, 0.6) is 0 Å². The maximum Gasteiger partial charge on any atom is -0.00233 e. The molecule has 0 radical (unpaired) electrons. The quantitative estimate of drug-likeness (QED) is 0.547. The highest BCUT2D eigenvalue weighted by atomic mass is 14.8. The minimum Gasteiger partial charge on any atom is -0.330 e. The van der Waals surface area contributed by atoms with Gasteiger partial charge in [-0.1, -0.05) is 26.7 Å².